The summed E-state index contributed by atoms with van der Waals surface area (Å²) in [5, 5.41) is 13.5. The van der Waals surface area contributed by atoms with Crippen LogP contribution in [0.25, 0.3) is 5.82 Å². The monoisotopic (exact) mass is 405 g/mol. The number of benzene rings is 1. The van der Waals surface area contributed by atoms with Crippen molar-refractivity contribution in [3.05, 3.63) is 66.4 Å². The fourth-order valence-electron chi connectivity index (χ4n) is 3.69. The van der Waals surface area contributed by atoms with Gasteiger partial charge >= 0.3 is 0 Å². The van der Waals surface area contributed by atoms with Crippen molar-refractivity contribution < 1.29 is 5.11 Å². The number of aliphatic imine (C=N–C) groups is 1. The van der Waals surface area contributed by atoms with E-state index in [1.54, 1.807) is 19.3 Å². The summed E-state index contributed by atoms with van der Waals surface area (Å²) < 4.78 is 1.96. The average molecular weight is 406 g/mol. The Hall–Kier alpha value is -3.55. The first kappa shape index (κ1) is 19.8. The van der Waals surface area contributed by atoms with E-state index in [4.69, 9.17) is 0 Å². The third kappa shape index (κ3) is 4.22. The minimum Gasteiger partial charge on any atom is -0.506 e. The summed E-state index contributed by atoms with van der Waals surface area (Å²) in [6.07, 6.45) is 5.56. The molecule has 1 aliphatic heterocycles. The number of aromatic hydroxyl groups is 1. The zero-order valence-electron chi connectivity index (χ0n) is 17.4. The maximum absolute atomic E-state index is 10.1. The largest absolute Gasteiger partial charge is 0.506 e. The third-order valence-electron chi connectivity index (χ3n) is 5.35. The van der Waals surface area contributed by atoms with Gasteiger partial charge in [-0.2, -0.15) is 0 Å². The number of nitrogens with one attached hydrogen (secondary N) is 1. The number of guanidine groups is 1. The minimum absolute atomic E-state index is 0.329. The molecule has 2 aromatic heterocycles. The molecule has 0 aliphatic carbocycles. The molecule has 1 aromatic carbocycles. The summed E-state index contributed by atoms with van der Waals surface area (Å²) in [6, 6.07) is 11.6. The molecule has 0 spiro atoms. The van der Waals surface area contributed by atoms with Crippen molar-refractivity contribution in [3.8, 4) is 11.6 Å². The third-order valence-corrected chi connectivity index (χ3v) is 5.35. The van der Waals surface area contributed by atoms with Crippen LogP contribution in [0, 0.1) is 6.92 Å². The van der Waals surface area contributed by atoms with E-state index in [-0.39, 0.29) is 0 Å². The number of hydrogen-bond acceptors (Lipinski definition) is 5. The molecule has 156 valence electrons. The van der Waals surface area contributed by atoms with Gasteiger partial charge < -0.3 is 20.2 Å². The second kappa shape index (κ2) is 8.86. The molecule has 0 bridgehead atoms. The van der Waals surface area contributed by atoms with Gasteiger partial charge in [0.05, 0.1) is 5.69 Å². The van der Waals surface area contributed by atoms with Gasteiger partial charge in [-0.1, -0.05) is 18.2 Å². The summed E-state index contributed by atoms with van der Waals surface area (Å²) in [4.78, 5) is 17.7. The highest BCUT2D eigenvalue weighted by atomic mass is 16.3. The highest BCUT2D eigenvalue weighted by molar-refractivity contribution is 5.80. The zero-order valence-corrected chi connectivity index (χ0v) is 17.4. The molecule has 0 unspecified atom stereocenters. The molecule has 0 saturated carbocycles. The number of para-hydroxylation sites is 2. The number of nitrogens with zero attached hydrogens (tertiary/aromatic N) is 6. The van der Waals surface area contributed by atoms with E-state index in [2.05, 4.69) is 36.1 Å². The van der Waals surface area contributed by atoms with E-state index in [9.17, 15) is 5.11 Å². The van der Waals surface area contributed by atoms with Crippen molar-refractivity contribution in [1.29, 1.82) is 0 Å². The number of pyridine rings is 1. The maximum Gasteiger partial charge on any atom is 0.194 e. The van der Waals surface area contributed by atoms with Crippen LogP contribution < -0.4 is 10.2 Å². The molecule has 4 rings (SSSR count). The fourth-order valence-corrected chi connectivity index (χ4v) is 3.69. The lowest BCUT2D eigenvalue weighted by molar-refractivity contribution is 0.369. The van der Waals surface area contributed by atoms with Crippen molar-refractivity contribution in [2.24, 2.45) is 4.99 Å². The van der Waals surface area contributed by atoms with Crippen LogP contribution in [-0.2, 0) is 6.54 Å². The van der Waals surface area contributed by atoms with Gasteiger partial charge in [0.25, 0.3) is 0 Å². The lowest BCUT2D eigenvalue weighted by Gasteiger charge is -2.37. The Labute approximate surface area is 176 Å². The van der Waals surface area contributed by atoms with Crippen molar-refractivity contribution in [1.82, 2.24) is 24.8 Å². The number of piperazine rings is 1. The fraction of sp³-hybridized carbons (Fsp3) is 0.318. The lowest BCUT2D eigenvalue weighted by Crippen LogP contribution is -2.52. The van der Waals surface area contributed by atoms with Gasteiger partial charge in [-0.3, -0.25) is 9.56 Å². The Morgan fingerprint density at radius 2 is 1.90 bits per heavy atom. The highest BCUT2D eigenvalue weighted by Crippen LogP contribution is 2.27. The van der Waals surface area contributed by atoms with E-state index in [0.717, 1.165) is 55.0 Å². The molecule has 2 N–H and O–H groups in total. The summed E-state index contributed by atoms with van der Waals surface area (Å²) in [5.41, 5.74) is 1.98. The number of phenolic OH excluding ortho intramolecular Hbond substituents is 1. The second-order valence-corrected chi connectivity index (χ2v) is 7.23. The van der Waals surface area contributed by atoms with Crippen LogP contribution in [-0.4, -0.2) is 63.7 Å². The Morgan fingerprint density at radius 1 is 1.10 bits per heavy atom. The normalized spacial score (nSPS) is 14.8. The number of hydrogen-bond donors (Lipinski definition) is 2. The Bertz CT molecular complexity index is 1000. The van der Waals surface area contributed by atoms with E-state index in [0.29, 0.717) is 12.3 Å². The molecule has 1 aliphatic rings. The van der Waals surface area contributed by atoms with Crippen LogP contribution in [0.15, 0.2) is 60.0 Å². The van der Waals surface area contributed by atoms with Gasteiger partial charge in [-0.25, -0.2) is 9.97 Å². The van der Waals surface area contributed by atoms with Crippen LogP contribution in [0.4, 0.5) is 5.69 Å². The van der Waals surface area contributed by atoms with Gasteiger partial charge in [0, 0.05) is 58.4 Å². The molecule has 0 atom stereocenters. The van der Waals surface area contributed by atoms with Gasteiger partial charge in [0.15, 0.2) is 5.96 Å². The van der Waals surface area contributed by atoms with Crippen LogP contribution in [0.2, 0.25) is 0 Å². The van der Waals surface area contributed by atoms with Gasteiger partial charge in [-0.15, -0.1) is 0 Å². The molecule has 0 amide bonds. The Morgan fingerprint density at radius 3 is 2.53 bits per heavy atom. The number of imidazole rings is 1. The van der Waals surface area contributed by atoms with Crippen molar-refractivity contribution in [2.45, 2.75) is 13.5 Å². The first-order valence-electron chi connectivity index (χ1n) is 10.1. The summed E-state index contributed by atoms with van der Waals surface area (Å²) in [6.45, 7) is 5.95. The topological polar surface area (TPSA) is 81.8 Å². The molecule has 3 aromatic rings. The lowest BCUT2D eigenvalue weighted by atomic mass is 10.2. The second-order valence-electron chi connectivity index (χ2n) is 7.23. The van der Waals surface area contributed by atoms with E-state index in [1.165, 1.54) is 0 Å². The number of aryl methyl sites for hydroxylation is 1. The Kier molecular flexibility index (Phi) is 5.83. The molecule has 0 radical (unpaired) electrons. The van der Waals surface area contributed by atoms with Crippen LogP contribution in [0.5, 0.6) is 5.75 Å². The predicted octanol–water partition coefficient (Wildman–Crippen LogP) is 2.18. The first-order valence-corrected chi connectivity index (χ1v) is 10.1. The van der Waals surface area contributed by atoms with Crippen LogP contribution in [0.1, 0.15) is 11.4 Å². The summed E-state index contributed by atoms with van der Waals surface area (Å²) in [5.74, 6) is 2.98. The number of anilines is 1. The Balaban J connectivity index is 1.32. The molecular formula is C22H27N7O. The number of phenols is 1. The van der Waals surface area contributed by atoms with Crippen molar-refractivity contribution in [2.75, 3.05) is 38.1 Å². The number of rotatable bonds is 4. The molecule has 8 nitrogen and oxygen atoms in total. The highest BCUT2D eigenvalue weighted by Gasteiger charge is 2.21. The first-order chi connectivity index (χ1) is 14.7. The van der Waals surface area contributed by atoms with Crippen LogP contribution in [0.3, 0.4) is 0 Å². The van der Waals surface area contributed by atoms with Gasteiger partial charge in [0.1, 0.15) is 17.4 Å². The number of aromatic nitrogens is 3. The average Bonchev–Trinajstić information content (AvgIpc) is 3.21. The van der Waals surface area contributed by atoms with E-state index in [1.807, 2.05) is 48.1 Å². The molecule has 1 saturated heterocycles. The van der Waals surface area contributed by atoms with Crippen molar-refractivity contribution in [3.63, 3.8) is 0 Å². The zero-order chi connectivity index (χ0) is 20.9. The predicted molar refractivity (Wildman–Crippen MR) is 118 cm³/mol. The van der Waals surface area contributed by atoms with E-state index >= 15 is 0 Å². The van der Waals surface area contributed by atoms with Gasteiger partial charge in [0.2, 0.25) is 0 Å². The standard InChI is InChI=1S/C22H27N7O/c1-17-24-9-10-29(17)21-8-7-18(15-25-21)16-26-22(23-2)28-13-11-27(12-14-28)19-5-3-4-6-20(19)30/h3-10,15,30H,11-14,16H2,1-2H3,(H,23,26). The quantitative estimate of drug-likeness (QED) is 0.512. The molecule has 3 heterocycles. The smallest absolute Gasteiger partial charge is 0.194 e. The van der Waals surface area contributed by atoms with Crippen molar-refractivity contribution >= 4 is 11.6 Å². The molecular weight excluding hydrogens is 378 g/mol. The summed E-state index contributed by atoms with van der Waals surface area (Å²) >= 11 is 0. The van der Waals surface area contributed by atoms with Crippen LogP contribution >= 0.6 is 0 Å². The van der Waals surface area contributed by atoms with Gasteiger partial charge in [-0.05, 0) is 30.7 Å². The minimum atomic E-state index is 0.329. The molecule has 1 fully saturated rings. The van der Waals surface area contributed by atoms with E-state index < -0.39 is 0 Å². The SMILES string of the molecule is CN=C(NCc1ccc(-n2ccnc2C)nc1)N1CCN(c2ccccc2O)CC1. The maximum atomic E-state index is 10.1. The molecule has 8 heteroatoms. The molecule has 30 heavy (non-hydrogen) atoms. The summed E-state index contributed by atoms with van der Waals surface area (Å²) in [7, 11) is 1.81.